The van der Waals surface area contributed by atoms with Crippen LogP contribution in [0.25, 0.3) is 0 Å². The van der Waals surface area contributed by atoms with E-state index in [1.54, 1.807) is 7.05 Å². The van der Waals surface area contributed by atoms with Gasteiger partial charge in [-0.15, -0.1) is 0 Å². The van der Waals surface area contributed by atoms with Crippen LogP contribution >= 0.6 is 0 Å². The first-order valence-corrected chi connectivity index (χ1v) is 6.20. The summed E-state index contributed by atoms with van der Waals surface area (Å²) in [7, 11) is 1.69. The highest BCUT2D eigenvalue weighted by molar-refractivity contribution is 5.82. The number of hydrogen-bond donors (Lipinski definition) is 3. The van der Waals surface area contributed by atoms with Crippen LogP contribution in [0.5, 0.6) is 0 Å². The zero-order chi connectivity index (χ0) is 13.4. The zero-order valence-corrected chi connectivity index (χ0v) is 11.5. The highest BCUT2D eigenvalue weighted by Gasteiger charge is 2.29. The van der Waals surface area contributed by atoms with Crippen LogP contribution in [-0.2, 0) is 4.79 Å². The van der Waals surface area contributed by atoms with Crippen LogP contribution in [0.4, 0.5) is 0 Å². The Bertz CT molecular complexity index is 252. The lowest BCUT2D eigenvalue weighted by atomic mass is 9.94. The van der Waals surface area contributed by atoms with E-state index in [1.807, 2.05) is 39.8 Å². The zero-order valence-electron chi connectivity index (χ0n) is 11.5. The number of allylic oxidation sites excluding steroid dienone is 2. The van der Waals surface area contributed by atoms with Crippen molar-refractivity contribution in [3.05, 3.63) is 12.2 Å². The van der Waals surface area contributed by atoms with Gasteiger partial charge in [-0.3, -0.25) is 4.79 Å². The number of rotatable bonds is 7. The lowest BCUT2D eigenvalue weighted by Crippen LogP contribution is -2.53. The van der Waals surface area contributed by atoms with Crippen molar-refractivity contribution >= 4 is 5.91 Å². The maximum absolute atomic E-state index is 11.9. The second-order valence-electron chi connectivity index (χ2n) is 4.70. The Hall–Kier alpha value is -0.870. The molecule has 0 heterocycles. The number of aliphatic hydroxyl groups excluding tert-OH is 1. The first-order valence-electron chi connectivity index (χ1n) is 6.20. The maximum Gasteiger partial charge on any atom is 0.240 e. The molecule has 0 rings (SSSR count). The lowest BCUT2D eigenvalue weighted by molar-refractivity contribution is -0.127. The van der Waals surface area contributed by atoms with Gasteiger partial charge in [-0.25, -0.2) is 0 Å². The average molecular weight is 242 g/mol. The Morgan fingerprint density at radius 2 is 1.94 bits per heavy atom. The molecule has 0 aromatic rings. The molecule has 1 amide bonds. The number of nitrogens with one attached hydrogen (secondary N) is 2. The van der Waals surface area contributed by atoms with Gasteiger partial charge < -0.3 is 15.7 Å². The summed E-state index contributed by atoms with van der Waals surface area (Å²) < 4.78 is 0. The molecule has 100 valence electrons. The molecule has 0 aromatic heterocycles. The van der Waals surface area contributed by atoms with Crippen molar-refractivity contribution < 1.29 is 9.90 Å². The summed E-state index contributed by atoms with van der Waals surface area (Å²) >= 11 is 0. The summed E-state index contributed by atoms with van der Waals surface area (Å²) in [5.41, 5.74) is 0. The quantitative estimate of drug-likeness (QED) is 0.585. The normalized spacial score (nSPS) is 17.1. The third kappa shape index (κ3) is 5.84. The molecular formula is C13H26N2O2. The number of hydrogen-bond acceptors (Lipinski definition) is 3. The Labute approximate surface area is 104 Å². The van der Waals surface area contributed by atoms with Crippen molar-refractivity contribution in [3.8, 4) is 0 Å². The van der Waals surface area contributed by atoms with E-state index in [0.717, 1.165) is 6.42 Å². The minimum atomic E-state index is -0.685. The predicted octanol–water partition coefficient (Wildman–Crippen LogP) is 1.06. The molecule has 3 atom stereocenters. The van der Waals surface area contributed by atoms with E-state index in [2.05, 4.69) is 10.6 Å². The van der Waals surface area contributed by atoms with Crippen LogP contribution in [0.3, 0.4) is 0 Å². The topological polar surface area (TPSA) is 61.4 Å². The molecule has 4 heteroatoms. The van der Waals surface area contributed by atoms with Crippen molar-refractivity contribution in [3.63, 3.8) is 0 Å². The smallest absolute Gasteiger partial charge is 0.240 e. The van der Waals surface area contributed by atoms with Gasteiger partial charge in [0.15, 0.2) is 0 Å². The van der Waals surface area contributed by atoms with Crippen LogP contribution in [0.1, 0.15) is 34.1 Å². The van der Waals surface area contributed by atoms with Crippen LogP contribution < -0.4 is 10.6 Å². The Balaban J connectivity index is 4.47. The Morgan fingerprint density at radius 1 is 1.35 bits per heavy atom. The van der Waals surface area contributed by atoms with Crippen LogP contribution in [0, 0.1) is 5.92 Å². The fourth-order valence-electron chi connectivity index (χ4n) is 1.65. The van der Waals surface area contributed by atoms with E-state index in [-0.39, 0.29) is 17.9 Å². The van der Waals surface area contributed by atoms with E-state index in [4.69, 9.17) is 0 Å². The standard InChI is InChI=1S/C13H26N2O2/c1-6-7-8-10(4)12(16)11(14-5)13(17)15-9(2)3/h6-7,9-12,14,16H,8H2,1-5H3,(H,15,17)/b7-6+. The number of aliphatic hydroxyl groups is 1. The molecule has 0 bridgehead atoms. The third-order valence-corrected chi connectivity index (χ3v) is 2.69. The van der Waals surface area contributed by atoms with Crippen LogP contribution in [0.2, 0.25) is 0 Å². The molecule has 0 aliphatic heterocycles. The number of carbonyl (C=O) groups excluding carboxylic acids is 1. The minimum Gasteiger partial charge on any atom is -0.391 e. The fourth-order valence-corrected chi connectivity index (χ4v) is 1.65. The molecule has 0 aromatic carbocycles. The first kappa shape index (κ1) is 16.1. The van der Waals surface area contributed by atoms with Gasteiger partial charge in [0.05, 0.1) is 6.10 Å². The third-order valence-electron chi connectivity index (χ3n) is 2.69. The van der Waals surface area contributed by atoms with Crippen molar-refractivity contribution in [2.75, 3.05) is 7.05 Å². The van der Waals surface area contributed by atoms with Crippen molar-refractivity contribution in [1.82, 2.24) is 10.6 Å². The molecule has 0 saturated heterocycles. The summed E-state index contributed by atoms with van der Waals surface area (Å²) in [6.45, 7) is 7.69. The number of amides is 1. The molecule has 17 heavy (non-hydrogen) atoms. The summed E-state index contributed by atoms with van der Waals surface area (Å²) in [5.74, 6) is -0.108. The largest absolute Gasteiger partial charge is 0.391 e. The predicted molar refractivity (Wildman–Crippen MR) is 70.7 cm³/mol. The van der Waals surface area contributed by atoms with E-state index < -0.39 is 12.1 Å². The minimum absolute atomic E-state index is 0.0431. The molecule has 3 N–H and O–H groups in total. The molecule has 0 radical (unpaired) electrons. The van der Waals surface area contributed by atoms with Crippen molar-refractivity contribution in [2.24, 2.45) is 5.92 Å². The van der Waals surface area contributed by atoms with Gasteiger partial charge in [-0.05, 0) is 40.2 Å². The lowest BCUT2D eigenvalue weighted by Gasteiger charge is -2.26. The fraction of sp³-hybridized carbons (Fsp3) is 0.769. The molecule has 0 spiro atoms. The molecule has 0 saturated carbocycles. The molecular weight excluding hydrogens is 216 g/mol. The van der Waals surface area contributed by atoms with Gasteiger partial charge in [0.2, 0.25) is 5.91 Å². The van der Waals surface area contributed by atoms with Gasteiger partial charge in [0.1, 0.15) is 6.04 Å². The van der Waals surface area contributed by atoms with Gasteiger partial charge in [-0.2, -0.15) is 0 Å². The Kier molecular flexibility index (Phi) is 7.83. The van der Waals surface area contributed by atoms with Crippen LogP contribution in [-0.4, -0.2) is 36.2 Å². The monoisotopic (exact) mass is 242 g/mol. The van der Waals surface area contributed by atoms with Crippen molar-refractivity contribution in [2.45, 2.75) is 52.3 Å². The highest BCUT2D eigenvalue weighted by atomic mass is 16.3. The molecule has 0 fully saturated rings. The van der Waals surface area contributed by atoms with Gasteiger partial charge in [0, 0.05) is 6.04 Å². The molecule has 4 nitrogen and oxygen atoms in total. The summed E-state index contributed by atoms with van der Waals surface area (Å²) in [4.78, 5) is 11.9. The molecule has 0 aliphatic carbocycles. The summed E-state index contributed by atoms with van der Waals surface area (Å²) in [6.07, 6.45) is 4.03. The molecule has 0 aliphatic rings. The van der Waals surface area contributed by atoms with Crippen LogP contribution in [0.15, 0.2) is 12.2 Å². The highest BCUT2D eigenvalue weighted by Crippen LogP contribution is 2.12. The SMILES string of the molecule is C/C=C/CC(C)C(O)C(NC)C(=O)NC(C)C. The number of carbonyl (C=O) groups is 1. The van der Waals surface area contributed by atoms with E-state index in [9.17, 15) is 9.90 Å². The van der Waals surface area contributed by atoms with Gasteiger partial charge in [-0.1, -0.05) is 19.1 Å². The number of likely N-dealkylation sites (N-methyl/N-ethyl adjacent to an activating group) is 1. The second-order valence-corrected chi connectivity index (χ2v) is 4.70. The van der Waals surface area contributed by atoms with Gasteiger partial charge in [0.25, 0.3) is 0 Å². The summed E-state index contributed by atoms with van der Waals surface area (Å²) in [5, 5.41) is 15.8. The average Bonchev–Trinajstić information content (AvgIpc) is 2.25. The first-order chi connectivity index (χ1) is 7.93. The molecule has 3 unspecified atom stereocenters. The maximum atomic E-state index is 11.9. The van der Waals surface area contributed by atoms with Crippen molar-refractivity contribution in [1.29, 1.82) is 0 Å². The summed E-state index contributed by atoms with van der Waals surface area (Å²) in [6, 6.07) is -0.478. The second kappa shape index (κ2) is 8.25. The van der Waals surface area contributed by atoms with E-state index in [0.29, 0.717) is 0 Å². The van der Waals surface area contributed by atoms with Gasteiger partial charge >= 0.3 is 0 Å². The Morgan fingerprint density at radius 3 is 2.35 bits per heavy atom. The van der Waals surface area contributed by atoms with E-state index >= 15 is 0 Å². The van der Waals surface area contributed by atoms with E-state index in [1.165, 1.54) is 0 Å².